The van der Waals surface area contributed by atoms with Crippen LogP contribution in [0.15, 0.2) is 48.8 Å². The second-order valence-electron chi connectivity index (χ2n) is 6.30. The Balaban J connectivity index is 1.79. The molecule has 0 saturated carbocycles. The Kier molecular flexibility index (Phi) is 4.55. The summed E-state index contributed by atoms with van der Waals surface area (Å²) in [4.78, 5) is 21.8. The quantitative estimate of drug-likeness (QED) is 0.406. The van der Waals surface area contributed by atoms with Crippen LogP contribution in [0.4, 0.5) is 20.3 Å². The predicted molar refractivity (Wildman–Crippen MR) is 102 cm³/mol. The summed E-state index contributed by atoms with van der Waals surface area (Å²) in [7, 11) is 0. The summed E-state index contributed by atoms with van der Waals surface area (Å²) in [5.41, 5.74) is 0.888. The maximum Gasteiger partial charge on any atom is 0.307 e. The number of aliphatic carboxylic acids is 1. The molecule has 0 aliphatic heterocycles. The summed E-state index contributed by atoms with van der Waals surface area (Å²) in [6.45, 7) is 0. The number of pyridine rings is 2. The molecule has 1 aromatic carbocycles. The van der Waals surface area contributed by atoms with Crippen LogP contribution in [0.25, 0.3) is 22.2 Å². The van der Waals surface area contributed by atoms with E-state index >= 15 is 0 Å². The molecule has 0 aliphatic carbocycles. The van der Waals surface area contributed by atoms with Crippen molar-refractivity contribution in [3.8, 4) is 17.1 Å². The van der Waals surface area contributed by atoms with E-state index in [1.54, 1.807) is 12.1 Å². The fourth-order valence-electron chi connectivity index (χ4n) is 3.01. The van der Waals surface area contributed by atoms with Crippen molar-refractivity contribution in [2.45, 2.75) is 6.42 Å². The number of hydrogen-bond acceptors (Lipinski definition) is 5. The third-order valence-electron chi connectivity index (χ3n) is 4.29. The first-order valence-electron chi connectivity index (χ1n) is 8.51. The molecule has 0 radical (unpaired) electrons. The number of carbonyl (C=O) groups is 1. The molecular weight excluding hydrogens is 382 g/mol. The van der Waals surface area contributed by atoms with Gasteiger partial charge in [0.05, 0.1) is 34.3 Å². The fourth-order valence-corrected chi connectivity index (χ4v) is 3.01. The largest absolute Gasteiger partial charge is 0.494 e. The van der Waals surface area contributed by atoms with Gasteiger partial charge in [0.1, 0.15) is 17.5 Å². The van der Waals surface area contributed by atoms with Crippen LogP contribution in [0, 0.1) is 11.6 Å². The standard InChI is InChI=1S/C20H14F2N4O3/c21-11-2-1-3-12(22)18(11)13-7-14(19-15(25-13)9-24-20(19)29)26-16-5-4-10(8-23-16)6-17(27)28/h1-5,7-9,24,29H,6H2,(H,23,26)(H,27,28). The Hall–Kier alpha value is -4.01. The van der Waals surface area contributed by atoms with E-state index < -0.39 is 17.6 Å². The van der Waals surface area contributed by atoms with E-state index in [4.69, 9.17) is 5.11 Å². The second-order valence-corrected chi connectivity index (χ2v) is 6.30. The zero-order valence-corrected chi connectivity index (χ0v) is 14.8. The van der Waals surface area contributed by atoms with Crippen molar-refractivity contribution in [1.29, 1.82) is 0 Å². The van der Waals surface area contributed by atoms with E-state index in [0.29, 0.717) is 28.0 Å². The summed E-state index contributed by atoms with van der Waals surface area (Å²) in [6, 6.07) is 8.10. The molecule has 3 aromatic heterocycles. The molecule has 146 valence electrons. The van der Waals surface area contributed by atoms with E-state index in [1.807, 2.05) is 0 Å². The molecule has 0 amide bonds. The van der Waals surface area contributed by atoms with Gasteiger partial charge < -0.3 is 20.5 Å². The fraction of sp³-hybridized carbons (Fsp3) is 0.0500. The van der Waals surface area contributed by atoms with Crippen LogP contribution in [0.1, 0.15) is 5.56 Å². The maximum absolute atomic E-state index is 14.2. The van der Waals surface area contributed by atoms with E-state index in [2.05, 4.69) is 20.3 Å². The minimum atomic E-state index is -0.975. The van der Waals surface area contributed by atoms with Crippen LogP contribution in [0.2, 0.25) is 0 Å². The molecule has 7 nitrogen and oxygen atoms in total. The van der Waals surface area contributed by atoms with Gasteiger partial charge in [0.15, 0.2) is 5.88 Å². The molecule has 0 bridgehead atoms. The molecule has 0 unspecified atom stereocenters. The van der Waals surface area contributed by atoms with Gasteiger partial charge in [-0.25, -0.2) is 18.7 Å². The number of nitrogens with one attached hydrogen (secondary N) is 2. The molecule has 4 N–H and O–H groups in total. The first-order valence-corrected chi connectivity index (χ1v) is 8.51. The smallest absolute Gasteiger partial charge is 0.307 e. The molecule has 0 atom stereocenters. The van der Waals surface area contributed by atoms with Gasteiger partial charge in [-0.05, 0) is 29.8 Å². The molecule has 0 fully saturated rings. The molecule has 4 aromatic rings. The highest BCUT2D eigenvalue weighted by molar-refractivity contribution is 5.99. The van der Waals surface area contributed by atoms with Gasteiger partial charge >= 0.3 is 5.97 Å². The number of fused-ring (bicyclic) bond motifs is 1. The van der Waals surface area contributed by atoms with Crippen LogP contribution in [0.5, 0.6) is 5.88 Å². The number of aromatic amines is 1. The molecule has 0 saturated heterocycles. The van der Waals surface area contributed by atoms with Crippen molar-refractivity contribution >= 4 is 28.4 Å². The van der Waals surface area contributed by atoms with Crippen LogP contribution in [-0.2, 0) is 11.2 Å². The Labute approximate surface area is 162 Å². The summed E-state index contributed by atoms with van der Waals surface area (Å²) < 4.78 is 28.5. The second kappa shape index (κ2) is 7.19. The number of carboxylic acid groups (broad SMARTS) is 1. The Morgan fingerprint density at radius 2 is 1.93 bits per heavy atom. The zero-order valence-electron chi connectivity index (χ0n) is 14.8. The van der Waals surface area contributed by atoms with Gasteiger partial charge in [-0.1, -0.05) is 12.1 Å². The van der Waals surface area contributed by atoms with Crippen molar-refractivity contribution in [3.63, 3.8) is 0 Å². The molecule has 4 rings (SSSR count). The van der Waals surface area contributed by atoms with E-state index in [0.717, 1.165) is 12.1 Å². The number of carboxylic acids is 1. The topological polar surface area (TPSA) is 111 Å². The number of aromatic nitrogens is 3. The van der Waals surface area contributed by atoms with E-state index in [1.165, 1.54) is 24.5 Å². The van der Waals surface area contributed by atoms with Crippen LogP contribution >= 0.6 is 0 Å². The lowest BCUT2D eigenvalue weighted by Gasteiger charge is -2.11. The van der Waals surface area contributed by atoms with Crippen LogP contribution in [0.3, 0.4) is 0 Å². The van der Waals surface area contributed by atoms with Crippen molar-refractivity contribution < 1.29 is 23.8 Å². The first kappa shape index (κ1) is 18.4. The van der Waals surface area contributed by atoms with Crippen LogP contribution in [-0.4, -0.2) is 31.1 Å². The number of rotatable bonds is 5. The normalized spacial score (nSPS) is 11.0. The van der Waals surface area contributed by atoms with Crippen LogP contribution < -0.4 is 5.32 Å². The molecule has 9 heteroatoms. The number of benzene rings is 1. The van der Waals surface area contributed by atoms with Crippen molar-refractivity contribution in [2.75, 3.05) is 5.32 Å². The lowest BCUT2D eigenvalue weighted by Crippen LogP contribution is -2.02. The van der Waals surface area contributed by atoms with Crippen molar-refractivity contribution in [3.05, 3.63) is 66.0 Å². The SMILES string of the molecule is O=C(O)Cc1ccc(Nc2cc(-c3c(F)cccc3F)nc3c[nH]c(O)c23)nc1. The number of halogens is 2. The Morgan fingerprint density at radius 1 is 1.17 bits per heavy atom. The van der Waals surface area contributed by atoms with Gasteiger partial charge in [-0.2, -0.15) is 0 Å². The lowest BCUT2D eigenvalue weighted by atomic mass is 10.1. The average molecular weight is 396 g/mol. The van der Waals surface area contributed by atoms with Crippen molar-refractivity contribution in [1.82, 2.24) is 15.0 Å². The predicted octanol–water partition coefficient (Wildman–Crippen LogP) is 3.98. The van der Waals surface area contributed by atoms with Gasteiger partial charge in [-0.3, -0.25) is 4.79 Å². The van der Waals surface area contributed by atoms with Gasteiger partial charge in [-0.15, -0.1) is 0 Å². The Bertz CT molecular complexity index is 1200. The molecular formula is C20H14F2N4O3. The number of hydrogen-bond donors (Lipinski definition) is 4. The highest BCUT2D eigenvalue weighted by Crippen LogP contribution is 2.36. The van der Waals surface area contributed by atoms with Crippen molar-refractivity contribution in [2.24, 2.45) is 0 Å². The summed E-state index contributed by atoms with van der Waals surface area (Å²) in [6.07, 6.45) is 2.66. The summed E-state index contributed by atoms with van der Waals surface area (Å²) in [5, 5.41) is 22.3. The number of H-pyrrole nitrogens is 1. The number of aromatic hydroxyl groups is 1. The third-order valence-corrected chi connectivity index (χ3v) is 4.29. The summed E-state index contributed by atoms with van der Waals surface area (Å²) in [5.74, 6) is -2.32. The molecule has 29 heavy (non-hydrogen) atoms. The number of anilines is 2. The minimum Gasteiger partial charge on any atom is -0.494 e. The highest BCUT2D eigenvalue weighted by atomic mass is 19.1. The molecule has 0 aliphatic rings. The highest BCUT2D eigenvalue weighted by Gasteiger charge is 2.18. The van der Waals surface area contributed by atoms with E-state index in [9.17, 15) is 18.7 Å². The van der Waals surface area contributed by atoms with E-state index in [-0.39, 0.29) is 23.6 Å². The summed E-state index contributed by atoms with van der Waals surface area (Å²) >= 11 is 0. The zero-order chi connectivity index (χ0) is 20.5. The first-order chi connectivity index (χ1) is 13.9. The molecule has 3 heterocycles. The molecule has 0 spiro atoms. The monoisotopic (exact) mass is 396 g/mol. The average Bonchev–Trinajstić information content (AvgIpc) is 3.04. The minimum absolute atomic E-state index is 0.0390. The Morgan fingerprint density at radius 3 is 2.59 bits per heavy atom. The lowest BCUT2D eigenvalue weighted by molar-refractivity contribution is -0.136. The number of nitrogens with zero attached hydrogens (tertiary/aromatic N) is 2. The van der Waals surface area contributed by atoms with Gasteiger partial charge in [0.2, 0.25) is 0 Å². The third kappa shape index (κ3) is 3.57. The maximum atomic E-state index is 14.2. The van der Waals surface area contributed by atoms with Gasteiger partial charge in [0, 0.05) is 12.4 Å². The van der Waals surface area contributed by atoms with Gasteiger partial charge in [0.25, 0.3) is 0 Å².